The van der Waals surface area contributed by atoms with Gasteiger partial charge in [0.2, 0.25) is 5.13 Å². The first-order valence-electron chi connectivity index (χ1n) is 5.82. The Morgan fingerprint density at radius 1 is 1.53 bits per heavy atom. The standard InChI is InChI=1S/C10H14N4O4S/c1-2-7-12-13-9(19-7)11-10(18)14-4-5(15)3-6(14)8(16)17/h5-6,15H,2-4H2,1H3,(H,16,17)(H,11,13,18)/t5?,6-/m0/s1. The second-order valence-electron chi connectivity index (χ2n) is 4.18. The first-order valence-corrected chi connectivity index (χ1v) is 6.63. The van der Waals surface area contributed by atoms with E-state index in [9.17, 15) is 14.7 Å². The number of amides is 2. The summed E-state index contributed by atoms with van der Waals surface area (Å²) in [4.78, 5) is 24.1. The van der Waals surface area contributed by atoms with Gasteiger partial charge < -0.3 is 15.1 Å². The Labute approximate surface area is 113 Å². The second kappa shape index (κ2) is 5.49. The molecule has 2 atom stereocenters. The first kappa shape index (κ1) is 13.7. The lowest BCUT2D eigenvalue weighted by Crippen LogP contribution is -2.43. The summed E-state index contributed by atoms with van der Waals surface area (Å²) in [5.41, 5.74) is 0. The van der Waals surface area contributed by atoms with Crippen LogP contribution >= 0.6 is 11.3 Å². The minimum absolute atomic E-state index is 0.00222. The number of hydrogen-bond donors (Lipinski definition) is 3. The number of carboxylic acid groups (broad SMARTS) is 1. The van der Waals surface area contributed by atoms with Crippen LogP contribution in [0.25, 0.3) is 0 Å². The highest BCUT2D eigenvalue weighted by Crippen LogP contribution is 2.21. The van der Waals surface area contributed by atoms with E-state index in [2.05, 4.69) is 15.5 Å². The van der Waals surface area contributed by atoms with Crippen LogP contribution in [0.15, 0.2) is 0 Å². The van der Waals surface area contributed by atoms with Crippen molar-refractivity contribution in [3.8, 4) is 0 Å². The summed E-state index contributed by atoms with van der Waals surface area (Å²) in [6.45, 7) is 1.92. The van der Waals surface area contributed by atoms with Gasteiger partial charge in [0.1, 0.15) is 11.0 Å². The molecule has 2 amide bonds. The molecule has 9 heteroatoms. The quantitative estimate of drug-likeness (QED) is 0.728. The van der Waals surface area contributed by atoms with Gasteiger partial charge in [-0.25, -0.2) is 9.59 Å². The monoisotopic (exact) mass is 286 g/mol. The van der Waals surface area contributed by atoms with Gasteiger partial charge in [-0.05, 0) is 6.42 Å². The Balaban J connectivity index is 2.04. The smallest absolute Gasteiger partial charge is 0.326 e. The van der Waals surface area contributed by atoms with Crippen LogP contribution in [0.3, 0.4) is 0 Å². The zero-order valence-corrected chi connectivity index (χ0v) is 11.1. The van der Waals surface area contributed by atoms with Crippen LogP contribution in [0.1, 0.15) is 18.4 Å². The van der Waals surface area contributed by atoms with Crippen molar-refractivity contribution in [3.05, 3.63) is 5.01 Å². The maximum atomic E-state index is 12.0. The maximum absolute atomic E-state index is 12.0. The molecular weight excluding hydrogens is 272 g/mol. The fraction of sp³-hybridized carbons (Fsp3) is 0.600. The van der Waals surface area contributed by atoms with Gasteiger partial charge in [-0.2, -0.15) is 0 Å². The summed E-state index contributed by atoms with van der Waals surface area (Å²) >= 11 is 1.24. The summed E-state index contributed by atoms with van der Waals surface area (Å²) in [5.74, 6) is -1.13. The predicted molar refractivity (Wildman–Crippen MR) is 67.1 cm³/mol. The molecule has 1 unspecified atom stereocenters. The Bertz CT molecular complexity index is 492. The number of aromatic nitrogens is 2. The number of carbonyl (C=O) groups excluding carboxylic acids is 1. The lowest BCUT2D eigenvalue weighted by atomic mass is 10.2. The second-order valence-corrected chi connectivity index (χ2v) is 5.24. The van der Waals surface area contributed by atoms with Crippen LogP contribution < -0.4 is 5.32 Å². The van der Waals surface area contributed by atoms with Crippen molar-refractivity contribution in [1.82, 2.24) is 15.1 Å². The SMILES string of the molecule is CCc1nnc(NC(=O)N2CC(O)C[C@H]2C(=O)O)s1. The molecule has 0 bridgehead atoms. The molecule has 0 radical (unpaired) electrons. The molecular formula is C10H14N4O4S. The van der Waals surface area contributed by atoms with Crippen molar-refractivity contribution in [3.63, 3.8) is 0 Å². The number of aryl methyl sites for hydroxylation is 1. The number of nitrogens with one attached hydrogen (secondary N) is 1. The van der Waals surface area contributed by atoms with Crippen LogP contribution in [-0.4, -0.2) is 56.0 Å². The van der Waals surface area contributed by atoms with E-state index in [4.69, 9.17) is 5.11 Å². The molecule has 0 aromatic carbocycles. The number of carbonyl (C=O) groups is 2. The van der Waals surface area contributed by atoms with Crippen LogP contribution in [0, 0.1) is 0 Å². The number of hydrogen-bond acceptors (Lipinski definition) is 6. The highest BCUT2D eigenvalue weighted by molar-refractivity contribution is 7.15. The average Bonchev–Trinajstić information content (AvgIpc) is 2.95. The number of nitrogens with zero attached hydrogens (tertiary/aromatic N) is 3. The minimum atomic E-state index is -1.13. The summed E-state index contributed by atoms with van der Waals surface area (Å²) in [6, 6.07) is -1.59. The summed E-state index contributed by atoms with van der Waals surface area (Å²) in [6.07, 6.45) is -0.0558. The maximum Gasteiger partial charge on any atom is 0.326 e. The lowest BCUT2D eigenvalue weighted by Gasteiger charge is -2.20. The molecule has 1 aromatic rings. The summed E-state index contributed by atoms with van der Waals surface area (Å²) in [5, 5.41) is 29.7. The molecule has 8 nitrogen and oxygen atoms in total. The Kier molecular flexibility index (Phi) is 3.96. The van der Waals surface area contributed by atoms with Gasteiger partial charge in [0.25, 0.3) is 0 Å². The van der Waals surface area contributed by atoms with Gasteiger partial charge in [-0.1, -0.05) is 18.3 Å². The first-order chi connectivity index (χ1) is 9.01. The van der Waals surface area contributed by atoms with E-state index >= 15 is 0 Å². The molecule has 1 fully saturated rings. The molecule has 1 aliphatic heterocycles. The number of carboxylic acids is 1. The molecule has 3 N–H and O–H groups in total. The van der Waals surface area contributed by atoms with E-state index in [0.717, 1.165) is 9.91 Å². The Hall–Kier alpha value is -1.74. The van der Waals surface area contributed by atoms with E-state index in [0.29, 0.717) is 11.6 Å². The molecule has 2 heterocycles. The van der Waals surface area contributed by atoms with Crippen molar-refractivity contribution in [1.29, 1.82) is 0 Å². The van der Waals surface area contributed by atoms with Gasteiger partial charge in [0, 0.05) is 13.0 Å². The zero-order valence-electron chi connectivity index (χ0n) is 10.2. The number of aliphatic hydroxyl groups is 1. The summed E-state index contributed by atoms with van der Waals surface area (Å²) in [7, 11) is 0. The number of aliphatic hydroxyl groups excluding tert-OH is 1. The fourth-order valence-corrected chi connectivity index (χ4v) is 2.55. The highest BCUT2D eigenvalue weighted by Gasteiger charge is 2.39. The van der Waals surface area contributed by atoms with Crippen LogP contribution in [0.2, 0.25) is 0 Å². The van der Waals surface area contributed by atoms with E-state index in [-0.39, 0.29) is 13.0 Å². The number of urea groups is 1. The average molecular weight is 286 g/mol. The van der Waals surface area contributed by atoms with Gasteiger partial charge in [0.05, 0.1) is 6.10 Å². The Morgan fingerprint density at radius 3 is 2.84 bits per heavy atom. The number of likely N-dealkylation sites (tertiary alicyclic amines) is 1. The molecule has 19 heavy (non-hydrogen) atoms. The molecule has 1 saturated heterocycles. The normalized spacial score (nSPS) is 22.5. The van der Waals surface area contributed by atoms with Crippen molar-refractivity contribution in [2.45, 2.75) is 31.9 Å². The van der Waals surface area contributed by atoms with E-state index in [1.165, 1.54) is 11.3 Å². The van der Waals surface area contributed by atoms with Crippen molar-refractivity contribution in [2.75, 3.05) is 11.9 Å². The largest absolute Gasteiger partial charge is 0.480 e. The number of aliphatic carboxylic acids is 1. The third kappa shape index (κ3) is 2.99. The topological polar surface area (TPSA) is 116 Å². The van der Waals surface area contributed by atoms with Gasteiger partial charge in [-0.15, -0.1) is 10.2 Å². The molecule has 0 aliphatic carbocycles. The third-order valence-electron chi connectivity index (χ3n) is 2.81. The highest BCUT2D eigenvalue weighted by atomic mass is 32.1. The van der Waals surface area contributed by atoms with E-state index < -0.39 is 24.1 Å². The van der Waals surface area contributed by atoms with Gasteiger partial charge in [0.15, 0.2) is 0 Å². The van der Waals surface area contributed by atoms with Gasteiger partial charge >= 0.3 is 12.0 Å². The molecule has 1 aromatic heterocycles. The predicted octanol–water partition coefficient (Wildman–Crippen LogP) is 0.152. The number of anilines is 1. The molecule has 104 valence electrons. The number of rotatable bonds is 3. The minimum Gasteiger partial charge on any atom is -0.480 e. The molecule has 0 spiro atoms. The van der Waals surface area contributed by atoms with Crippen LogP contribution in [-0.2, 0) is 11.2 Å². The van der Waals surface area contributed by atoms with Crippen LogP contribution in [0.4, 0.5) is 9.93 Å². The van der Waals surface area contributed by atoms with Crippen molar-refractivity contribution in [2.24, 2.45) is 0 Å². The Morgan fingerprint density at radius 2 is 2.26 bits per heavy atom. The zero-order chi connectivity index (χ0) is 14.0. The van der Waals surface area contributed by atoms with E-state index in [1.54, 1.807) is 0 Å². The molecule has 0 saturated carbocycles. The molecule has 2 rings (SSSR count). The molecule has 1 aliphatic rings. The fourth-order valence-electron chi connectivity index (χ4n) is 1.88. The van der Waals surface area contributed by atoms with Crippen molar-refractivity contribution >= 4 is 28.5 Å². The van der Waals surface area contributed by atoms with E-state index in [1.807, 2.05) is 6.92 Å². The third-order valence-corrected chi connectivity index (χ3v) is 3.79. The van der Waals surface area contributed by atoms with Crippen molar-refractivity contribution < 1.29 is 19.8 Å². The summed E-state index contributed by atoms with van der Waals surface area (Å²) < 4.78 is 0. The lowest BCUT2D eigenvalue weighted by molar-refractivity contribution is -0.141. The van der Waals surface area contributed by atoms with Crippen LogP contribution in [0.5, 0.6) is 0 Å². The van der Waals surface area contributed by atoms with Gasteiger partial charge in [-0.3, -0.25) is 5.32 Å². The number of β-amino-alcohol motifs (C(OH)–C–C–N with tert-alkyl or cyclic N) is 1.